The molecule has 4 aliphatic carbocycles. The molecule has 0 aromatic heterocycles. The molecule has 4 aliphatic rings. The van der Waals surface area contributed by atoms with Gasteiger partial charge in [-0.15, -0.1) is 0 Å². The second-order valence-corrected chi connectivity index (χ2v) is 9.73. The van der Waals surface area contributed by atoms with E-state index < -0.39 is 0 Å². The first-order valence-corrected chi connectivity index (χ1v) is 11.2. The van der Waals surface area contributed by atoms with Crippen molar-refractivity contribution in [1.82, 2.24) is 5.32 Å². The van der Waals surface area contributed by atoms with Gasteiger partial charge in [-0.3, -0.25) is 0 Å². The van der Waals surface area contributed by atoms with Crippen molar-refractivity contribution in [2.24, 2.45) is 23.7 Å². The van der Waals surface area contributed by atoms with Crippen LogP contribution in [0.2, 0.25) is 0 Å². The maximum Gasteiger partial charge on any atom is 0.134 e. The van der Waals surface area contributed by atoms with Crippen LogP contribution in [-0.2, 0) is 13.2 Å². The van der Waals surface area contributed by atoms with Gasteiger partial charge in [-0.2, -0.15) is 0 Å². The van der Waals surface area contributed by atoms with E-state index in [9.17, 15) is 0 Å². The van der Waals surface area contributed by atoms with E-state index in [1.165, 1.54) is 43.2 Å². The minimum atomic E-state index is 0.602. The van der Waals surface area contributed by atoms with Gasteiger partial charge in [0.25, 0.3) is 0 Å². The van der Waals surface area contributed by atoms with Gasteiger partial charge in [0.2, 0.25) is 0 Å². The van der Waals surface area contributed by atoms with Crippen molar-refractivity contribution in [3.8, 4) is 5.75 Å². The largest absolute Gasteiger partial charge is 0.488 e. The maximum absolute atomic E-state index is 5.98. The minimum Gasteiger partial charge on any atom is -0.488 e. The van der Waals surface area contributed by atoms with Crippen LogP contribution in [-0.4, -0.2) is 6.04 Å². The molecule has 2 aromatic rings. The Bertz CT molecular complexity index is 762. The van der Waals surface area contributed by atoms with E-state index in [2.05, 4.69) is 51.6 Å². The van der Waals surface area contributed by atoms with Crippen LogP contribution in [0, 0.1) is 23.7 Å². The highest BCUT2D eigenvalue weighted by Crippen LogP contribution is 2.53. The van der Waals surface area contributed by atoms with Gasteiger partial charge < -0.3 is 10.1 Å². The van der Waals surface area contributed by atoms with Crippen LogP contribution in [0.15, 0.2) is 53.0 Å². The Morgan fingerprint density at radius 1 is 0.852 bits per heavy atom. The second-order valence-electron chi connectivity index (χ2n) is 8.88. The van der Waals surface area contributed by atoms with Crippen molar-refractivity contribution in [1.29, 1.82) is 0 Å². The van der Waals surface area contributed by atoms with Crippen LogP contribution in [0.4, 0.5) is 0 Å². The summed E-state index contributed by atoms with van der Waals surface area (Å²) >= 11 is 3.70. The fourth-order valence-corrected chi connectivity index (χ4v) is 6.54. The SMILES string of the molecule is Brc1cc(CNC2C3CC4CC(C3)CC2C4)ccc1OCc1ccccc1. The Labute approximate surface area is 170 Å². The van der Waals surface area contributed by atoms with Gasteiger partial charge in [0.1, 0.15) is 12.4 Å². The number of ether oxygens (including phenoxy) is 1. The van der Waals surface area contributed by atoms with Crippen LogP contribution in [0.5, 0.6) is 5.75 Å². The highest BCUT2D eigenvalue weighted by molar-refractivity contribution is 9.10. The zero-order chi connectivity index (χ0) is 18.2. The lowest BCUT2D eigenvalue weighted by Crippen LogP contribution is -2.54. The lowest BCUT2D eigenvalue weighted by atomic mass is 9.54. The third kappa shape index (κ3) is 3.82. The van der Waals surface area contributed by atoms with Crippen molar-refractivity contribution in [3.05, 3.63) is 64.1 Å². The molecule has 4 fully saturated rings. The van der Waals surface area contributed by atoms with E-state index >= 15 is 0 Å². The summed E-state index contributed by atoms with van der Waals surface area (Å²) in [5.41, 5.74) is 2.53. The van der Waals surface area contributed by atoms with E-state index in [4.69, 9.17) is 4.74 Å². The lowest BCUT2D eigenvalue weighted by molar-refractivity contribution is -0.0142. The average molecular weight is 426 g/mol. The monoisotopic (exact) mass is 425 g/mol. The molecule has 0 radical (unpaired) electrons. The summed E-state index contributed by atoms with van der Waals surface area (Å²) in [4.78, 5) is 0. The predicted octanol–water partition coefficient (Wildman–Crippen LogP) is 5.94. The van der Waals surface area contributed by atoms with Gasteiger partial charge in [-0.1, -0.05) is 36.4 Å². The van der Waals surface area contributed by atoms with E-state index in [1.54, 1.807) is 0 Å². The molecule has 6 rings (SSSR count). The molecule has 0 heterocycles. The third-order valence-electron chi connectivity index (χ3n) is 7.00. The molecule has 1 N–H and O–H groups in total. The molecule has 0 spiro atoms. The zero-order valence-electron chi connectivity index (χ0n) is 15.7. The molecule has 3 heteroatoms. The summed E-state index contributed by atoms with van der Waals surface area (Å²) in [5, 5.41) is 3.92. The molecule has 142 valence electrons. The van der Waals surface area contributed by atoms with Crippen LogP contribution in [0.1, 0.15) is 43.2 Å². The summed E-state index contributed by atoms with van der Waals surface area (Å²) in [6.07, 6.45) is 7.42. The van der Waals surface area contributed by atoms with Crippen LogP contribution in [0.3, 0.4) is 0 Å². The first kappa shape index (κ1) is 17.8. The Hall–Kier alpha value is -1.32. The summed E-state index contributed by atoms with van der Waals surface area (Å²) in [6, 6.07) is 17.6. The molecule has 2 aromatic carbocycles. The number of hydrogen-bond acceptors (Lipinski definition) is 2. The lowest BCUT2D eigenvalue weighted by Gasteiger charge is -2.54. The molecule has 4 saturated carbocycles. The molecule has 0 aliphatic heterocycles. The fraction of sp³-hybridized carbons (Fsp3) is 0.500. The van der Waals surface area contributed by atoms with Gasteiger partial charge in [-0.05, 0) is 95.0 Å². The number of halogens is 1. The zero-order valence-corrected chi connectivity index (χ0v) is 17.3. The van der Waals surface area contributed by atoms with E-state index in [1.807, 2.05) is 18.2 Å². The minimum absolute atomic E-state index is 0.602. The number of rotatable bonds is 6. The Kier molecular flexibility index (Phi) is 5.00. The fourth-order valence-electron chi connectivity index (χ4n) is 6.00. The van der Waals surface area contributed by atoms with Gasteiger partial charge in [0, 0.05) is 12.6 Å². The number of nitrogens with one attached hydrogen (secondary N) is 1. The van der Waals surface area contributed by atoms with E-state index in [-0.39, 0.29) is 0 Å². The molecule has 0 amide bonds. The van der Waals surface area contributed by atoms with E-state index in [0.29, 0.717) is 6.61 Å². The van der Waals surface area contributed by atoms with Crippen molar-refractivity contribution in [2.45, 2.75) is 51.3 Å². The molecule has 2 nitrogen and oxygen atoms in total. The molecule has 0 unspecified atom stereocenters. The summed E-state index contributed by atoms with van der Waals surface area (Å²) in [5.74, 6) is 4.86. The second kappa shape index (κ2) is 7.60. The Morgan fingerprint density at radius 3 is 2.22 bits per heavy atom. The van der Waals surface area contributed by atoms with Crippen molar-refractivity contribution in [2.75, 3.05) is 0 Å². The molecule has 0 saturated heterocycles. The quantitative estimate of drug-likeness (QED) is 0.617. The molecular weight excluding hydrogens is 398 g/mol. The average Bonchev–Trinajstić information content (AvgIpc) is 2.67. The molecule has 27 heavy (non-hydrogen) atoms. The van der Waals surface area contributed by atoms with Crippen LogP contribution < -0.4 is 10.1 Å². The normalized spacial score (nSPS) is 31.2. The Balaban J connectivity index is 1.18. The predicted molar refractivity (Wildman–Crippen MR) is 113 cm³/mol. The molecule has 0 atom stereocenters. The van der Waals surface area contributed by atoms with Crippen LogP contribution in [0.25, 0.3) is 0 Å². The van der Waals surface area contributed by atoms with Crippen molar-refractivity contribution < 1.29 is 4.74 Å². The van der Waals surface area contributed by atoms with E-state index in [0.717, 1.165) is 46.5 Å². The first-order chi connectivity index (χ1) is 13.2. The van der Waals surface area contributed by atoms with Crippen molar-refractivity contribution >= 4 is 15.9 Å². The van der Waals surface area contributed by atoms with Crippen molar-refractivity contribution in [3.63, 3.8) is 0 Å². The van der Waals surface area contributed by atoms with Gasteiger partial charge in [-0.25, -0.2) is 0 Å². The maximum atomic E-state index is 5.98. The third-order valence-corrected chi connectivity index (χ3v) is 7.62. The van der Waals surface area contributed by atoms with Crippen LogP contribution >= 0.6 is 15.9 Å². The Morgan fingerprint density at radius 2 is 1.56 bits per heavy atom. The first-order valence-electron chi connectivity index (χ1n) is 10.4. The van der Waals surface area contributed by atoms with Gasteiger partial charge >= 0.3 is 0 Å². The summed E-state index contributed by atoms with van der Waals surface area (Å²) in [7, 11) is 0. The highest BCUT2D eigenvalue weighted by Gasteiger charge is 2.47. The number of hydrogen-bond donors (Lipinski definition) is 1. The smallest absolute Gasteiger partial charge is 0.134 e. The summed E-state index contributed by atoms with van der Waals surface area (Å²) in [6.45, 7) is 1.56. The number of benzene rings is 2. The topological polar surface area (TPSA) is 21.3 Å². The van der Waals surface area contributed by atoms with Gasteiger partial charge in [0.15, 0.2) is 0 Å². The standard InChI is InChI=1S/C24H28BrNO/c25-22-13-17(6-7-23(22)27-15-16-4-2-1-3-5-16)14-26-24-20-9-18-8-19(11-20)12-21(24)10-18/h1-7,13,18-21,24,26H,8-12,14-15H2. The molecule has 4 bridgehead atoms. The van der Waals surface area contributed by atoms with Gasteiger partial charge in [0.05, 0.1) is 4.47 Å². The highest BCUT2D eigenvalue weighted by atomic mass is 79.9. The molecular formula is C24H28BrNO. The summed E-state index contributed by atoms with van der Waals surface area (Å²) < 4.78 is 7.03.